The smallest absolute Gasteiger partial charge is 0.310 e. The second-order valence-electron chi connectivity index (χ2n) is 26.9. The summed E-state index contributed by atoms with van der Waals surface area (Å²) in [6, 6.07) is 93.8. The molecule has 0 atom stereocenters. The number of hydrogen-bond acceptors (Lipinski definition) is 6. The van der Waals surface area contributed by atoms with E-state index in [1.54, 1.807) is 107 Å². The average Bonchev–Trinajstić information content (AvgIpc) is 0.684. The van der Waals surface area contributed by atoms with E-state index in [4.69, 9.17) is 0 Å². The second-order valence-corrected chi connectivity index (χ2v) is 28.0. The molecular weight excluding hydrogens is 1390 g/mol. The third kappa shape index (κ3) is 10.8. The van der Waals surface area contributed by atoms with Gasteiger partial charge in [0, 0.05) is 72.2 Å². The highest BCUT2D eigenvalue weighted by Gasteiger charge is 2.50. The minimum atomic E-state index is -5.06. The first-order chi connectivity index (χ1) is 52.7. The third-order valence-corrected chi connectivity index (χ3v) is 22.0. The molecule has 0 fully saturated rings. The van der Waals surface area contributed by atoms with Crippen LogP contribution < -0.4 is 57.3 Å². The number of halogens is 9. The highest BCUT2D eigenvalue weighted by Crippen LogP contribution is 2.56. The van der Waals surface area contributed by atoms with E-state index in [9.17, 15) is 0 Å². The van der Waals surface area contributed by atoms with Gasteiger partial charge in [0.1, 0.15) is 52.0 Å². The zero-order valence-electron chi connectivity index (χ0n) is 56.9. The highest BCUT2D eigenvalue weighted by molar-refractivity contribution is 8.00. The summed E-state index contributed by atoms with van der Waals surface area (Å²) in [4.78, 5) is 9.35. The standard InChI is InChI=1S/C91H54B2F9N5S/c94-71-36-19-37-72(95)88(71)104(60-29-11-4-12-30-60)63-49-80-85-81(50-63)107(87-65(58-26-9-3-10-27-58)32-18-33-66(87)91(100,101)102)79-54-83-70(53-69(79)92(85)67-34-13-15-42-77(67)105(80)89-73(96)38-20-39-74(89)97)93-68-35-14-16-43-78(68)106(90-75(98)40-21-41-76(90)99)82-51-64(52-84(108-83)86(82)93)103(61-46-44-57(45-47-61)55-22-5-1-6-23-55)62-31-17-28-59(48-62)56-24-7-2-8-25-56/h1-54H. The summed E-state index contributed by atoms with van der Waals surface area (Å²) in [5.74, 6) is -5.54. The molecule has 17 heteroatoms. The lowest BCUT2D eigenvalue weighted by Gasteiger charge is -2.46. The number of hydrogen-bond donors (Lipinski definition) is 0. The third-order valence-electron chi connectivity index (χ3n) is 20.9. The van der Waals surface area contributed by atoms with Gasteiger partial charge >= 0.3 is 6.18 Å². The number of fused-ring (bicyclic) bond motifs is 8. The molecule has 0 N–H and O–H groups in total. The van der Waals surface area contributed by atoms with Crippen LogP contribution in [-0.4, -0.2) is 13.4 Å². The maximum atomic E-state index is 17.4. The molecule has 0 unspecified atom stereocenters. The Bertz CT molecular complexity index is 6060. The van der Waals surface area contributed by atoms with Crippen molar-refractivity contribution in [3.63, 3.8) is 0 Å². The predicted molar refractivity (Wildman–Crippen MR) is 421 cm³/mol. The molecule has 0 saturated heterocycles. The van der Waals surface area contributed by atoms with Crippen molar-refractivity contribution in [1.29, 1.82) is 0 Å². The maximum absolute atomic E-state index is 17.4. The van der Waals surface area contributed by atoms with Gasteiger partial charge < -0.3 is 24.5 Å². The molecule has 0 aromatic heterocycles. The fourth-order valence-corrected chi connectivity index (χ4v) is 17.6. The summed E-state index contributed by atoms with van der Waals surface area (Å²) in [5, 5.41) is 0. The van der Waals surface area contributed by atoms with Crippen molar-refractivity contribution in [3.05, 3.63) is 368 Å². The van der Waals surface area contributed by atoms with Crippen LogP contribution in [0.3, 0.4) is 0 Å². The van der Waals surface area contributed by atoms with E-state index in [0.717, 1.165) is 64.0 Å². The Morgan fingerprint density at radius 2 is 0.694 bits per heavy atom. The Morgan fingerprint density at radius 1 is 0.269 bits per heavy atom. The van der Waals surface area contributed by atoms with Crippen LogP contribution in [0.25, 0.3) is 33.4 Å². The SMILES string of the molecule is Fc1cccc(F)c1N(c1ccccc1)c1cc2c3c(c1)N(c1c(-c4ccccc4)cccc1C(F)(F)F)c1cc4c(cc1B3c1ccccc1N2c1c(F)cccc1F)B1c2ccccc2N(c2c(F)cccc2F)c2cc(N(c3ccc(-c5ccccc5)cc3)c3cccc(-c5ccccc5)c3)cc(c21)S4. The normalized spacial score (nSPS) is 12.9. The van der Waals surface area contributed by atoms with E-state index in [0.29, 0.717) is 70.9 Å². The number of para-hydroxylation sites is 7. The first-order valence-electron chi connectivity index (χ1n) is 35.1. The topological polar surface area (TPSA) is 16.2 Å². The van der Waals surface area contributed by atoms with Crippen LogP contribution in [0.1, 0.15) is 5.56 Å². The van der Waals surface area contributed by atoms with E-state index >= 15 is 39.5 Å². The Morgan fingerprint density at radius 3 is 1.26 bits per heavy atom. The Kier molecular flexibility index (Phi) is 15.9. The maximum Gasteiger partial charge on any atom is 0.418 e. The van der Waals surface area contributed by atoms with Crippen LogP contribution in [-0.2, 0) is 6.18 Å². The van der Waals surface area contributed by atoms with Crippen molar-refractivity contribution in [2.45, 2.75) is 16.0 Å². The predicted octanol–water partition coefficient (Wildman–Crippen LogP) is 22.3. The summed E-state index contributed by atoms with van der Waals surface area (Å²) in [6.07, 6.45) is -5.06. The van der Waals surface area contributed by atoms with Crippen molar-refractivity contribution in [2.24, 2.45) is 0 Å². The van der Waals surface area contributed by atoms with E-state index in [1.165, 1.54) is 58.0 Å². The molecule has 0 saturated carbocycles. The molecule has 19 rings (SSSR count). The molecule has 5 nitrogen and oxygen atoms in total. The molecule has 4 heterocycles. The molecule has 0 spiro atoms. The molecule has 0 aliphatic carbocycles. The minimum absolute atomic E-state index is 0.0163. The van der Waals surface area contributed by atoms with E-state index in [2.05, 4.69) is 29.2 Å². The van der Waals surface area contributed by atoms with Gasteiger partial charge in [0.2, 0.25) is 6.71 Å². The summed E-state index contributed by atoms with van der Waals surface area (Å²) < 4.78 is 155. The van der Waals surface area contributed by atoms with Crippen LogP contribution in [0.2, 0.25) is 0 Å². The summed E-state index contributed by atoms with van der Waals surface area (Å²) in [7, 11) is 0. The molecule has 0 bridgehead atoms. The quantitative estimate of drug-likeness (QED) is 0.0889. The van der Waals surface area contributed by atoms with Crippen LogP contribution in [0.4, 0.5) is 125 Å². The van der Waals surface area contributed by atoms with Gasteiger partial charge in [-0.1, -0.05) is 223 Å². The summed E-state index contributed by atoms with van der Waals surface area (Å²) in [6.45, 7) is -1.72. The summed E-state index contributed by atoms with van der Waals surface area (Å²) in [5.41, 5.74) is 9.06. The first-order valence-corrected chi connectivity index (χ1v) is 35.9. The number of rotatable bonds is 12. The molecule has 108 heavy (non-hydrogen) atoms. The van der Waals surface area contributed by atoms with Gasteiger partial charge in [0.15, 0.2) is 0 Å². The molecule has 4 aliphatic heterocycles. The zero-order valence-corrected chi connectivity index (χ0v) is 57.7. The Hall–Kier alpha value is -12.9. The van der Waals surface area contributed by atoms with Crippen molar-refractivity contribution in [3.8, 4) is 33.4 Å². The molecule has 0 radical (unpaired) electrons. The van der Waals surface area contributed by atoms with Crippen molar-refractivity contribution in [1.82, 2.24) is 0 Å². The number of anilines is 15. The molecule has 0 amide bonds. The van der Waals surface area contributed by atoms with E-state index < -0.39 is 71.4 Å². The number of alkyl halides is 3. The van der Waals surface area contributed by atoms with Gasteiger partial charge in [-0.2, -0.15) is 13.2 Å². The second kappa shape index (κ2) is 26.0. The molecular formula is C91H54B2F9N5S. The van der Waals surface area contributed by atoms with Crippen LogP contribution >= 0.6 is 11.8 Å². The molecule has 4 aliphatic rings. The van der Waals surface area contributed by atoms with Gasteiger partial charge in [-0.25, -0.2) is 26.3 Å². The lowest BCUT2D eigenvalue weighted by Crippen LogP contribution is -2.64. The molecule has 518 valence electrons. The van der Waals surface area contributed by atoms with E-state index in [-0.39, 0.29) is 45.4 Å². The van der Waals surface area contributed by atoms with E-state index in [1.807, 2.05) is 140 Å². The van der Waals surface area contributed by atoms with Crippen LogP contribution in [0, 0.1) is 34.9 Å². The van der Waals surface area contributed by atoms with Gasteiger partial charge in [-0.05, 0) is 176 Å². The first kappa shape index (κ1) is 65.9. The molecule has 15 aromatic rings. The minimum Gasteiger partial charge on any atom is -0.310 e. The van der Waals surface area contributed by atoms with Crippen molar-refractivity contribution in [2.75, 3.05) is 24.5 Å². The Balaban J connectivity index is 0.929. The van der Waals surface area contributed by atoms with Crippen molar-refractivity contribution < 1.29 is 39.5 Å². The summed E-state index contributed by atoms with van der Waals surface area (Å²) >= 11 is 1.36. The van der Waals surface area contributed by atoms with Gasteiger partial charge in [-0.15, -0.1) is 0 Å². The highest BCUT2D eigenvalue weighted by atomic mass is 32.2. The van der Waals surface area contributed by atoms with Gasteiger partial charge in [0.25, 0.3) is 6.71 Å². The Labute approximate surface area is 621 Å². The van der Waals surface area contributed by atoms with Crippen LogP contribution in [0.5, 0.6) is 0 Å². The number of nitrogens with zero attached hydrogens (tertiary/aromatic N) is 5. The van der Waals surface area contributed by atoms with Gasteiger partial charge in [0.05, 0.1) is 16.9 Å². The monoisotopic (exact) mass is 1440 g/mol. The van der Waals surface area contributed by atoms with Crippen molar-refractivity contribution >= 4 is 143 Å². The van der Waals surface area contributed by atoms with Gasteiger partial charge in [-0.3, -0.25) is 0 Å². The lowest BCUT2D eigenvalue weighted by atomic mass is 9.31. The fraction of sp³-hybridized carbons (Fsp3) is 0.0110. The zero-order chi connectivity index (χ0) is 73.2. The van der Waals surface area contributed by atoms with Crippen LogP contribution in [0.15, 0.2) is 337 Å². The number of benzene rings is 15. The fourth-order valence-electron chi connectivity index (χ4n) is 16.4. The average molecular weight is 1440 g/mol. The molecule has 15 aromatic carbocycles. The largest absolute Gasteiger partial charge is 0.418 e. The lowest BCUT2D eigenvalue weighted by molar-refractivity contribution is -0.137.